The Hall–Kier alpha value is -3.36. The zero-order valence-electron chi connectivity index (χ0n) is 26.5. The Morgan fingerprint density at radius 1 is 0.955 bits per heavy atom. The summed E-state index contributed by atoms with van der Waals surface area (Å²) in [7, 11) is -0.547. The summed E-state index contributed by atoms with van der Waals surface area (Å²) in [6.45, 7) is 11.3. The molecule has 2 N–H and O–H groups in total. The Morgan fingerprint density at radius 3 is 2.43 bits per heavy atom. The molecule has 6 atom stereocenters. The van der Waals surface area contributed by atoms with Crippen molar-refractivity contribution in [3.8, 4) is 0 Å². The van der Waals surface area contributed by atoms with Crippen molar-refractivity contribution in [2.24, 2.45) is 23.2 Å². The lowest BCUT2D eigenvalue weighted by atomic mass is 9.43. The fourth-order valence-electron chi connectivity index (χ4n) is 7.91. The lowest BCUT2D eigenvalue weighted by molar-refractivity contribution is -0.199. The van der Waals surface area contributed by atoms with Gasteiger partial charge in [0.05, 0.1) is 17.6 Å². The van der Waals surface area contributed by atoms with E-state index >= 15 is 0 Å². The number of carbonyl (C=O) groups excluding carboxylic acids is 2. The lowest BCUT2D eigenvalue weighted by Gasteiger charge is -2.64. The number of rotatable bonds is 10. The van der Waals surface area contributed by atoms with Gasteiger partial charge in [-0.3, -0.25) is 4.79 Å². The number of benzene rings is 3. The van der Waals surface area contributed by atoms with Crippen LogP contribution in [0.3, 0.4) is 0 Å². The molecule has 7 nitrogen and oxygen atoms in total. The highest BCUT2D eigenvalue weighted by Gasteiger charge is 2.68. The topological polar surface area (TPSA) is 85.9 Å². The third-order valence-electron chi connectivity index (χ3n) is 10.5. The minimum atomic E-state index is -0.857. The maximum Gasteiger partial charge on any atom is 0.481 e. The second-order valence-electron chi connectivity index (χ2n) is 14.2. The highest BCUT2D eigenvalue weighted by Crippen LogP contribution is 2.65. The molecule has 7 rings (SSSR count). The standard InChI is InChI=1S/C36H45BN2O5/c1-23(2)18-32(37-43-31-21-27-20-30(35(27,3)4)36(31,5)44-37)39-33(40)29(38-34(41)42-22-24-12-7-6-8-13-24)19-26-16-11-15-25-14-9-10-17-28(25)26/h6-17,23,27,29-32H,18-22H2,1-5H3,(H,38,41)(H,39,40)/t27-,29-,30-,31+,32-,36-/m0/s1. The predicted molar refractivity (Wildman–Crippen MR) is 173 cm³/mol. The van der Waals surface area contributed by atoms with Gasteiger partial charge in [-0.05, 0) is 71.3 Å². The summed E-state index contributed by atoms with van der Waals surface area (Å²) >= 11 is 0. The van der Waals surface area contributed by atoms with Gasteiger partial charge in [0.15, 0.2) is 0 Å². The number of ether oxygens (including phenoxy) is 1. The van der Waals surface area contributed by atoms with Gasteiger partial charge in [0.2, 0.25) is 5.91 Å². The molecule has 0 aromatic heterocycles. The molecule has 2 amide bonds. The molecule has 0 unspecified atom stereocenters. The molecule has 8 heteroatoms. The highest BCUT2D eigenvalue weighted by atomic mass is 16.7. The van der Waals surface area contributed by atoms with Crippen LogP contribution in [0.2, 0.25) is 0 Å². The Morgan fingerprint density at radius 2 is 1.68 bits per heavy atom. The van der Waals surface area contributed by atoms with Crippen LogP contribution < -0.4 is 10.6 Å². The summed E-state index contributed by atoms with van der Waals surface area (Å²) in [6.07, 6.45) is 2.54. The SMILES string of the molecule is CC(C)C[C@H](NC(=O)[C@H](Cc1cccc2ccccc12)NC(=O)OCc1ccccc1)B1O[C@@H]2C[C@@H]3C[C@@H](C3(C)C)[C@]2(C)O1. The lowest BCUT2D eigenvalue weighted by Crippen LogP contribution is -2.65. The van der Waals surface area contributed by atoms with Gasteiger partial charge in [-0.1, -0.05) is 100 Å². The summed E-state index contributed by atoms with van der Waals surface area (Å²) < 4.78 is 18.9. The minimum Gasteiger partial charge on any atom is -0.445 e. The number of hydrogen-bond donors (Lipinski definition) is 2. The van der Waals surface area contributed by atoms with Gasteiger partial charge in [-0.25, -0.2) is 4.79 Å². The van der Waals surface area contributed by atoms with E-state index in [9.17, 15) is 9.59 Å². The van der Waals surface area contributed by atoms with Crippen molar-refractivity contribution in [2.75, 3.05) is 0 Å². The van der Waals surface area contributed by atoms with Gasteiger partial charge in [0, 0.05) is 6.42 Å². The predicted octanol–water partition coefficient (Wildman–Crippen LogP) is 6.48. The molecule has 1 heterocycles. The maximum absolute atomic E-state index is 14.1. The van der Waals surface area contributed by atoms with Crippen molar-refractivity contribution in [3.63, 3.8) is 0 Å². The number of nitrogens with one attached hydrogen (secondary N) is 2. The zero-order valence-corrected chi connectivity index (χ0v) is 26.5. The fraction of sp³-hybridized carbons (Fsp3) is 0.500. The highest BCUT2D eigenvalue weighted by molar-refractivity contribution is 6.48. The van der Waals surface area contributed by atoms with Crippen LogP contribution in [0.4, 0.5) is 4.79 Å². The zero-order chi connectivity index (χ0) is 31.1. The first-order chi connectivity index (χ1) is 21.0. The van der Waals surface area contributed by atoms with Crippen molar-refractivity contribution >= 4 is 29.9 Å². The van der Waals surface area contributed by atoms with E-state index in [2.05, 4.69) is 57.4 Å². The monoisotopic (exact) mass is 596 g/mol. The van der Waals surface area contributed by atoms with Crippen LogP contribution in [0, 0.1) is 23.2 Å². The van der Waals surface area contributed by atoms with E-state index in [0.717, 1.165) is 28.3 Å². The minimum absolute atomic E-state index is 0.0217. The first-order valence-electron chi connectivity index (χ1n) is 16.1. The molecule has 1 saturated heterocycles. The number of carbonyl (C=O) groups is 2. The van der Waals surface area contributed by atoms with E-state index in [1.807, 2.05) is 60.7 Å². The van der Waals surface area contributed by atoms with E-state index in [0.29, 0.717) is 30.6 Å². The van der Waals surface area contributed by atoms with Gasteiger partial charge in [-0.15, -0.1) is 0 Å². The normalized spacial score (nSPS) is 26.4. The smallest absolute Gasteiger partial charge is 0.445 e. The van der Waals surface area contributed by atoms with Gasteiger partial charge in [-0.2, -0.15) is 0 Å². The van der Waals surface area contributed by atoms with Crippen LogP contribution in [0.5, 0.6) is 0 Å². The Bertz CT molecular complexity index is 1490. The van der Waals surface area contributed by atoms with E-state index in [1.54, 1.807) is 0 Å². The Labute approximate surface area is 261 Å². The third-order valence-corrected chi connectivity index (χ3v) is 10.5. The Balaban J connectivity index is 1.21. The number of alkyl carbamates (subject to hydrolysis) is 1. The maximum atomic E-state index is 14.1. The summed E-state index contributed by atoms with van der Waals surface area (Å²) in [4.78, 5) is 27.2. The summed E-state index contributed by atoms with van der Waals surface area (Å²) in [5.41, 5.74) is 1.71. The fourth-order valence-corrected chi connectivity index (χ4v) is 7.91. The number of hydrogen-bond acceptors (Lipinski definition) is 5. The van der Waals surface area contributed by atoms with Crippen molar-refractivity contribution < 1.29 is 23.6 Å². The van der Waals surface area contributed by atoms with E-state index in [1.165, 1.54) is 6.42 Å². The van der Waals surface area contributed by atoms with Crippen LogP contribution in [-0.2, 0) is 31.9 Å². The molecule has 3 saturated carbocycles. The van der Waals surface area contributed by atoms with Crippen molar-refractivity contribution in [1.29, 1.82) is 0 Å². The summed E-state index contributed by atoms with van der Waals surface area (Å²) in [6, 6.07) is 22.8. The molecule has 3 aromatic rings. The van der Waals surface area contributed by atoms with Gasteiger partial charge < -0.3 is 24.7 Å². The van der Waals surface area contributed by atoms with Crippen molar-refractivity contribution in [1.82, 2.24) is 10.6 Å². The number of amides is 2. The molecule has 2 bridgehead atoms. The molecular weight excluding hydrogens is 551 g/mol. The molecule has 3 aromatic carbocycles. The number of fused-ring (bicyclic) bond motifs is 1. The molecule has 44 heavy (non-hydrogen) atoms. The molecule has 3 aliphatic carbocycles. The molecule has 4 fully saturated rings. The van der Waals surface area contributed by atoms with Crippen LogP contribution in [0.25, 0.3) is 10.8 Å². The third kappa shape index (κ3) is 5.99. The Kier molecular flexibility index (Phi) is 8.51. The molecule has 1 aliphatic heterocycles. The molecule has 232 valence electrons. The van der Waals surface area contributed by atoms with Crippen molar-refractivity contribution in [3.05, 3.63) is 83.9 Å². The molecule has 0 spiro atoms. The average molecular weight is 597 g/mol. The van der Waals surface area contributed by atoms with E-state index < -0.39 is 19.3 Å². The van der Waals surface area contributed by atoms with Gasteiger partial charge >= 0.3 is 13.2 Å². The van der Waals surface area contributed by atoms with Gasteiger partial charge in [0.25, 0.3) is 0 Å². The average Bonchev–Trinajstić information content (AvgIpc) is 3.37. The summed E-state index contributed by atoms with van der Waals surface area (Å²) in [5, 5.41) is 8.26. The van der Waals surface area contributed by atoms with Crippen LogP contribution in [-0.4, -0.2) is 42.8 Å². The second-order valence-corrected chi connectivity index (χ2v) is 14.2. The van der Waals surface area contributed by atoms with E-state index in [-0.39, 0.29) is 35.6 Å². The first kappa shape index (κ1) is 30.7. The molecular formula is C36H45BN2O5. The van der Waals surface area contributed by atoms with Crippen molar-refractivity contribution in [2.45, 2.75) is 90.6 Å². The van der Waals surface area contributed by atoms with E-state index in [4.69, 9.17) is 14.0 Å². The first-order valence-corrected chi connectivity index (χ1v) is 16.1. The molecule has 0 radical (unpaired) electrons. The van der Waals surface area contributed by atoms with Gasteiger partial charge in [0.1, 0.15) is 12.6 Å². The quantitative estimate of drug-likeness (QED) is 0.262. The largest absolute Gasteiger partial charge is 0.481 e. The molecule has 4 aliphatic rings. The van der Waals surface area contributed by atoms with Crippen LogP contribution in [0.1, 0.15) is 65.0 Å². The van der Waals surface area contributed by atoms with Crippen LogP contribution >= 0.6 is 0 Å². The second kappa shape index (κ2) is 12.2. The van der Waals surface area contributed by atoms with Crippen LogP contribution in [0.15, 0.2) is 72.8 Å². The summed E-state index contributed by atoms with van der Waals surface area (Å²) in [5.74, 6) is 0.731.